The SMILES string of the molecule is CCOC(=O)c1ccc(Nc2nncc(NCc3ccccc3C)n2)cc1. The number of nitrogens with zero attached hydrogens (tertiary/aromatic N) is 3. The number of anilines is 3. The lowest BCUT2D eigenvalue weighted by Gasteiger charge is -2.09. The smallest absolute Gasteiger partial charge is 0.338 e. The Balaban J connectivity index is 1.63. The molecule has 0 saturated carbocycles. The van der Waals surface area contributed by atoms with Gasteiger partial charge in [0.25, 0.3) is 0 Å². The van der Waals surface area contributed by atoms with Crippen molar-refractivity contribution in [1.29, 1.82) is 0 Å². The molecule has 0 unspecified atom stereocenters. The average Bonchev–Trinajstić information content (AvgIpc) is 2.68. The van der Waals surface area contributed by atoms with Crippen molar-refractivity contribution in [3.63, 3.8) is 0 Å². The Labute approximate surface area is 157 Å². The summed E-state index contributed by atoms with van der Waals surface area (Å²) in [6, 6.07) is 15.1. The summed E-state index contributed by atoms with van der Waals surface area (Å²) >= 11 is 0. The van der Waals surface area contributed by atoms with Gasteiger partial charge in [0.1, 0.15) is 0 Å². The van der Waals surface area contributed by atoms with Crippen LogP contribution in [0.25, 0.3) is 0 Å². The Morgan fingerprint density at radius 2 is 1.89 bits per heavy atom. The first-order valence-electron chi connectivity index (χ1n) is 8.68. The highest BCUT2D eigenvalue weighted by Crippen LogP contribution is 2.16. The van der Waals surface area contributed by atoms with Crippen molar-refractivity contribution in [3.05, 3.63) is 71.4 Å². The third-order valence-corrected chi connectivity index (χ3v) is 3.93. The summed E-state index contributed by atoms with van der Waals surface area (Å²) in [7, 11) is 0. The van der Waals surface area contributed by atoms with Gasteiger partial charge in [0.05, 0.1) is 18.4 Å². The van der Waals surface area contributed by atoms with Gasteiger partial charge in [0, 0.05) is 12.2 Å². The number of esters is 1. The zero-order valence-corrected chi connectivity index (χ0v) is 15.3. The van der Waals surface area contributed by atoms with Crippen LogP contribution in [0.5, 0.6) is 0 Å². The van der Waals surface area contributed by atoms with Crippen molar-refractivity contribution < 1.29 is 9.53 Å². The van der Waals surface area contributed by atoms with Crippen molar-refractivity contribution >= 4 is 23.4 Å². The molecule has 0 aliphatic heterocycles. The van der Waals surface area contributed by atoms with Gasteiger partial charge in [-0.25, -0.2) is 4.79 Å². The number of nitrogens with one attached hydrogen (secondary N) is 2. The number of benzene rings is 2. The van der Waals surface area contributed by atoms with Crippen LogP contribution in [-0.4, -0.2) is 27.8 Å². The molecule has 27 heavy (non-hydrogen) atoms. The topological polar surface area (TPSA) is 89.0 Å². The van der Waals surface area contributed by atoms with Gasteiger partial charge < -0.3 is 15.4 Å². The predicted molar refractivity (Wildman–Crippen MR) is 104 cm³/mol. The van der Waals surface area contributed by atoms with E-state index in [9.17, 15) is 4.79 Å². The van der Waals surface area contributed by atoms with E-state index in [1.807, 2.05) is 12.1 Å². The van der Waals surface area contributed by atoms with Gasteiger partial charge in [-0.3, -0.25) is 0 Å². The number of rotatable bonds is 7. The molecule has 1 heterocycles. The summed E-state index contributed by atoms with van der Waals surface area (Å²) < 4.78 is 4.97. The van der Waals surface area contributed by atoms with E-state index in [0.717, 1.165) is 5.69 Å². The van der Waals surface area contributed by atoms with E-state index in [0.29, 0.717) is 30.5 Å². The van der Waals surface area contributed by atoms with Gasteiger partial charge in [-0.15, -0.1) is 5.10 Å². The van der Waals surface area contributed by atoms with Crippen LogP contribution in [0, 0.1) is 6.92 Å². The minimum atomic E-state index is -0.343. The lowest BCUT2D eigenvalue weighted by molar-refractivity contribution is 0.0526. The average molecular weight is 363 g/mol. The fraction of sp³-hybridized carbons (Fsp3) is 0.200. The van der Waals surface area contributed by atoms with Crippen LogP contribution in [0.3, 0.4) is 0 Å². The first kappa shape index (κ1) is 18.3. The summed E-state index contributed by atoms with van der Waals surface area (Å²) in [5.74, 6) is 0.650. The molecule has 0 radical (unpaired) electrons. The third-order valence-electron chi connectivity index (χ3n) is 3.93. The van der Waals surface area contributed by atoms with Gasteiger partial charge in [-0.05, 0) is 49.2 Å². The molecule has 0 spiro atoms. The predicted octanol–water partition coefficient (Wildman–Crippen LogP) is 3.71. The third kappa shape index (κ3) is 5.01. The quantitative estimate of drug-likeness (QED) is 0.619. The maximum absolute atomic E-state index is 11.7. The molecule has 1 aromatic heterocycles. The summed E-state index contributed by atoms with van der Waals surface area (Å²) in [6.07, 6.45) is 1.58. The molecule has 2 aromatic carbocycles. The van der Waals surface area contributed by atoms with Gasteiger partial charge in [-0.2, -0.15) is 10.1 Å². The second-order valence-electron chi connectivity index (χ2n) is 5.87. The first-order chi connectivity index (χ1) is 13.2. The van der Waals surface area contributed by atoms with Crippen LogP contribution in [0.2, 0.25) is 0 Å². The molecule has 7 nitrogen and oxygen atoms in total. The monoisotopic (exact) mass is 363 g/mol. The van der Waals surface area contributed by atoms with E-state index >= 15 is 0 Å². The number of hydrogen-bond acceptors (Lipinski definition) is 7. The molecular weight excluding hydrogens is 342 g/mol. The van der Waals surface area contributed by atoms with Crippen LogP contribution in [0.1, 0.15) is 28.4 Å². The van der Waals surface area contributed by atoms with Crippen LogP contribution in [0.4, 0.5) is 17.5 Å². The van der Waals surface area contributed by atoms with Crippen molar-refractivity contribution in [2.75, 3.05) is 17.2 Å². The molecule has 0 bridgehead atoms. The second-order valence-corrected chi connectivity index (χ2v) is 5.87. The summed E-state index contributed by atoms with van der Waals surface area (Å²) in [5.41, 5.74) is 3.66. The Hall–Kier alpha value is -3.48. The fourth-order valence-electron chi connectivity index (χ4n) is 2.47. The number of aryl methyl sites for hydroxylation is 1. The second kappa shape index (κ2) is 8.75. The fourth-order valence-corrected chi connectivity index (χ4v) is 2.47. The standard InChI is InChI=1S/C20H21N5O2/c1-3-27-19(26)15-8-10-17(11-9-15)23-20-24-18(13-22-25-20)21-12-16-7-5-4-6-14(16)2/h4-11,13H,3,12H2,1-2H3,(H2,21,23,24,25). The minimum absolute atomic E-state index is 0.343. The van der Waals surface area contributed by atoms with Crippen LogP contribution in [-0.2, 0) is 11.3 Å². The van der Waals surface area contributed by atoms with Gasteiger partial charge in [0.2, 0.25) is 5.95 Å². The first-order valence-corrected chi connectivity index (χ1v) is 8.68. The molecule has 138 valence electrons. The van der Waals surface area contributed by atoms with Gasteiger partial charge in [-0.1, -0.05) is 24.3 Å². The largest absolute Gasteiger partial charge is 0.462 e. The Kier molecular flexibility index (Phi) is 5.94. The maximum Gasteiger partial charge on any atom is 0.338 e. The number of carbonyl (C=O) groups is 1. The zero-order valence-electron chi connectivity index (χ0n) is 15.3. The molecule has 7 heteroatoms. The Morgan fingerprint density at radius 3 is 2.63 bits per heavy atom. The summed E-state index contributed by atoms with van der Waals surface area (Å²) in [5, 5.41) is 14.3. The van der Waals surface area contributed by atoms with Crippen molar-refractivity contribution in [1.82, 2.24) is 15.2 Å². The zero-order chi connectivity index (χ0) is 19.1. The molecular formula is C20H21N5O2. The van der Waals surface area contributed by atoms with Crippen LogP contribution < -0.4 is 10.6 Å². The van der Waals surface area contributed by atoms with Gasteiger partial charge in [0.15, 0.2) is 5.82 Å². The van der Waals surface area contributed by atoms with Crippen molar-refractivity contribution in [2.45, 2.75) is 20.4 Å². The molecule has 0 atom stereocenters. The Bertz CT molecular complexity index is 912. The molecule has 0 fully saturated rings. The normalized spacial score (nSPS) is 10.3. The van der Waals surface area contributed by atoms with E-state index in [-0.39, 0.29) is 5.97 Å². The lowest BCUT2D eigenvalue weighted by Crippen LogP contribution is -2.07. The number of aromatic nitrogens is 3. The highest BCUT2D eigenvalue weighted by Gasteiger charge is 2.07. The molecule has 3 aromatic rings. The number of ether oxygens (including phenoxy) is 1. The molecule has 0 aliphatic carbocycles. The van der Waals surface area contributed by atoms with Crippen LogP contribution in [0.15, 0.2) is 54.7 Å². The number of hydrogen-bond donors (Lipinski definition) is 2. The molecule has 0 saturated heterocycles. The van der Waals surface area contributed by atoms with Crippen molar-refractivity contribution in [2.24, 2.45) is 0 Å². The molecule has 2 N–H and O–H groups in total. The minimum Gasteiger partial charge on any atom is -0.462 e. The van der Waals surface area contributed by atoms with E-state index in [1.165, 1.54) is 11.1 Å². The molecule has 0 amide bonds. The highest BCUT2D eigenvalue weighted by atomic mass is 16.5. The highest BCUT2D eigenvalue weighted by molar-refractivity contribution is 5.89. The van der Waals surface area contributed by atoms with Gasteiger partial charge >= 0.3 is 5.97 Å². The van der Waals surface area contributed by atoms with Crippen LogP contribution >= 0.6 is 0 Å². The maximum atomic E-state index is 11.7. The molecule has 0 aliphatic rings. The lowest BCUT2D eigenvalue weighted by atomic mass is 10.1. The van der Waals surface area contributed by atoms with E-state index in [1.54, 1.807) is 37.4 Å². The molecule has 3 rings (SSSR count). The van der Waals surface area contributed by atoms with E-state index in [2.05, 4.69) is 44.9 Å². The Morgan fingerprint density at radius 1 is 1.11 bits per heavy atom. The van der Waals surface area contributed by atoms with E-state index < -0.39 is 0 Å². The summed E-state index contributed by atoms with van der Waals surface area (Å²) in [6.45, 7) is 4.85. The summed E-state index contributed by atoms with van der Waals surface area (Å²) in [4.78, 5) is 16.1. The van der Waals surface area contributed by atoms with Crippen molar-refractivity contribution in [3.8, 4) is 0 Å². The van der Waals surface area contributed by atoms with E-state index in [4.69, 9.17) is 4.74 Å². The number of carbonyl (C=O) groups excluding carboxylic acids is 1.